The van der Waals surface area contributed by atoms with Gasteiger partial charge in [0, 0.05) is 17.3 Å². The Kier molecular flexibility index (Phi) is 7.59. The molecule has 33 heavy (non-hydrogen) atoms. The molecule has 0 aromatic rings. The van der Waals surface area contributed by atoms with Crippen molar-refractivity contribution in [1.29, 1.82) is 0 Å². The largest absolute Gasteiger partial charge is 0.466 e. The quantitative estimate of drug-likeness (QED) is 0.403. The first-order chi connectivity index (χ1) is 15.5. The van der Waals surface area contributed by atoms with Crippen LogP contribution in [0.4, 0.5) is 0 Å². The van der Waals surface area contributed by atoms with E-state index in [-0.39, 0.29) is 42.2 Å². The number of carbonyl (C=O) groups is 3. The van der Waals surface area contributed by atoms with Crippen molar-refractivity contribution in [3.63, 3.8) is 0 Å². The molecular formula is C25H40N2O5S. The molecule has 1 spiro atoms. The molecule has 0 aliphatic carbocycles. The Morgan fingerprint density at radius 3 is 2.58 bits per heavy atom. The molecule has 186 valence electrons. The van der Waals surface area contributed by atoms with Gasteiger partial charge in [0.2, 0.25) is 11.8 Å². The maximum Gasteiger partial charge on any atom is 0.310 e. The molecule has 1 N–H and O–H groups in total. The molecule has 0 aromatic heterocycles. The summed E-state index contributed by atoms with van der Waals surface area (Å²) in [5, 5.41) is 10.3. The van der Waals surface area contributed by atoms with Crippen molar-refractivity contribution < 1.29 is 24.2 Å². The minimum Gasteiger partial charge on any atom is -0.466 e. The number of nitrogens with zero attached hydrogens (tertiary/aromatic N) is 2. The first kappa shape index (κ1) is 26.1. The van der Waals surface area contributed by atoms with Crippen LogP contribution in [0.25, 0.3) is 0 Å². The zero-order valence-corrected chi connectivity index (χ0v) is 21.7. The lowest BCUT2D eigenvalue weighted by atomic mass is 9.71. The van der Waals surface area contributed by atoms with Crippen LogP contribution in [0.5, 0.6) is 0 Å². The van der Waals surface area contributed by atoms with Crippen molar-refractivity contribution >= 4 is 29.5 Å². The maximum absolute atomic E-state index is 14.3. The molecule has 7 atom stereocenters. The van der Waals surface area contributed by atoms with E-state index in [9.17, 15) is 19.5 Å². The summed E-state index contributed by atoms with van der Waals surface area (Å²) in [5.74, 6) is -1.79. The van der Waals surface area contributed by atoms with Gasteiger partial charge in [-0.1, -0.05) is 26.3 Å². The Bertz CT molecular complexity index is 796. The van der Waals surface area contributed by atoms with Crippen LogP contribution in [-0.2, 0) is 19.1 Å². The zero-order valence-electron chi connectivity index (χ0n) is 20.9. The normalized spacial score (nSPS) is 32.5. The number of fused-ring (bicyclic) bond motifs is 1. The second-order valence-corrected chi connectivity index (χ2v) is 12.2. The molecule has 3 aliphatic heterocycles. The number of aliphatic hydroxyl groups is 1. The minimum absolute atomic E-state index is 0.00945. The maximum atomic E-state index is 14.3. The van der Waals surface area contributed by atoms with Gasteiger partial charge in [0.15, 0.2) is 0 Å². The number of carbonyl (C=O) groups excluding carboxylic acids is 3. The molecule has 3 rings (SSSR count). The van der Waals surface area contributed by atoms with Crippen molar-refractivity contribution in [2.75, 3.05) is 19.8 Å². The van der Waals surface area contributed by atoms with Crippen LogP contribution in [0.1, 0.15) is 60.8 Å². The van der Waals surface area contributed by atoms with Gasteiger partial charge in [-0.25, -0.2) is 0 Å². The van der Waals surface area contributed by atoms with Crippen molar-refractivity contribution in [1.82, 2.24) is 9.80 Å². The number of aliphatic hydroxyl groups excluding tert-OH is 1. The highest BCUT2D eigenvalue weighted by Crippen LogP contribution is 2.67. The van der Waals surface area contributed by atoms with Crippen molar-refractivity contribution in [2.24, 2.45) is 17.8 Å². The molecule has 2 amide bonds. The van der Waals surface area contributed by atoms with Gasteiger partial charge in [-0.2, -0.15) is 0 Å². The Morgan fingerprint density at radius 1 is 1.39 bits per heavy atom. The van der Waals surface area contributed by atoms with Crippen LogP contribution in [0.2, 0.25) is 0 Å². The van der Waals surface area contributed by atoms with Crippen LogP contribution < -0.4 is 0 Å². The van der Waals surface area contributed by atoms with E-state index in [0.717, 1.165) is 12.8 Å². The standard InChI is InChI=1S/C25H40N2O5S/c1-8-13-26(24(5,6)7)22(30)20-25-12-11-17(33-25)18(23(31)32-10-3)19(25)21(29)27(20)16(14-28)15(4)9-2/h8,15-20,28H,1,9-14H2,2-7H3/t15-,16-,17-,18+,19-,20?,25?/m0/s1. The van der Waals surface area contributed by atoms with Crippen LogP contribution in [0.15, 0.2) is 12.7 Å². The number of thioether (sulfide) groups is 1. The lowest BCUT2D eigenvalue weighted by molar-refractivity contribution is -0.154. The molecule has 0 saturated carbocycles. The number of hydrogen-bond donors (Lipinski definition) is 1. The third-order valence-corrected chi connectivity index (χ3v) is 9.72. The van der Waals surface area contributed by atoms with Gasteiger partial charge in [-0.05, 0) is 46.5 Å². The van der Waals surface area contributed by atoms with Crippen LogP contribution in [0, 0.1) is 17.8 Å². The second kappa shape index (κ2) is 9.61. The second-order valence-electron chi connectivity index (χ2n) is 10.6. The molecule has 3 aliphatic rings. The summed E-state index contributed by atoms with van der Waals surface area (Å²) >= 11 is 1.63. The molecular weight excluding hydrogens is 440 g/mol. The van der Waals surface area contributed by atoms with Gasteiger partial charge >= 0.3 is 5.97 Å². The summed E-state index contributed by atoms with van der Waals surface area (Å²) in [7, 11) is 0. The Labute approximate surface area is 202 Å². The van der Waals surface area contributed by atoms with Gasteiger partial charge in [0.1, 0.15) is 6.04 Å². The smallest absolute Gasteiger partial charge is 0.310 e. The molecule has 3 fully saturated rings. The number of rotatable bonds is 9. The first-order valence-corrected chi connectivity index (χ1v) is 13.1. The highest BCUT2D eigenvalue weighted by atomic mass is 32.2. The van der Waals surface area contributed by atoms with Crippen molar-refractivity contribution in [3.05, 3.63) is 12.7 Å². The summed E-state index contributed by atoms with van der Waals surface area (Å²) in [6, 6.07) is -1.21. The fraction of sp³-hybridized carbons (Fsp3) is 0.800. The van der Waals surface area contributed by atoms with E-state index in [4.69, 9.17) is 4.74 Å². The van der Waals surface area contributed by atoms with E-state index >= 15 is 0 Å². The minimum atomic E-state index is -0.727. The van der Waals surface area contributed by atoms with E-state index in [1.807, 2.05) is 34.6 Å². The molecule has 8 heteroatoms. The SMILES string of the molecule is C=CCN(C(=O)C1N([C@@H](CO)[C@@H](C)CC)C(=O)[C@@H]2[C@H](C(=O)OCC)[C@@H]3CCC12S3)C(C)(C)C. The summed E-state index contributed by atoms with van der Waals surface area (Å²) in [6.45, 7) is 16.0. The van der Waals surface area contributed by atoms with Crippen LogP contribution in [0.3, 0.4) is 0 Å². The lowest BCUT2D eigenvalue weighted by Crippen LogP contribution is -2.61. The first-order valence-electron chi connectivity index (χ1n) is 12.2. The van der Waals surface area contributed by atoms with E-state index in [1.54, 1.807) is 34.6 Å². The van der Waals surface area contributed by atoms with E-state index in [2.05, 4.69) is 6.58 Å². The van der Waals surface area contributed by atoms with E-state index in [0.29, 0.717) is 13.0 Å². The molecule has 0 aromatic carbocycles. The number of amides is 2. The molecule has 2 bridgehead atoms. The zero-order chi connectivity index (χ0) is 24.7. The summed E-state index contributed by atoms with van der Waals surface area (Å²) in [6.07, 6.45) is 3.95. The van der Waals surface area contributed by atoms with Crippen molar-refractivity contribution in [3.8, 4) is 0 Å². The highest BCUT2D eigenvalue weighted by molar-refractivity contribution is 8.02. The molecule has 0 radical (unpaired) electrons. The number of hydrogen-bond acceptors (Lipinski definition) is 6. The van der Waals surface area contributed by atoms with Gasteiger partial charge in [-0.15, -0.1) is 18.3 Å². The highest BCUT2D eigenvalue weighted by Gasteiger charge is 2.75. The van der Waals surface area contributed by atoms with Gasteiger partial charge in [0.05, 0.1) is 35.8 Å². The van der Waals surface area contributed by atoms with Crippen LogP contribution in [-0.4, -0.2) is 80.1 Å². The van der Waals surface area contributed by atoms with Gasteiger partial charge in [0.25, 0.3) is 0 Å². The topological polar surface area (TPSA) is 87.2 Å². The van der Waals surface area contributed by atoms with E-state index < -0.39 is 34.2 Å². The third-order valence-electron chi connectivity index (χ3n) is 7.76. The molecule has 3 saturated heterocycles. The average molecular weight is 481 g/mol. The Balaban J connectivity index is 2.14. The van der Waals surface area contributed by atoms with E-state index in [1.165, 1.54) is 0 Å². The number of ether oxygens (including phenoxy) is 1. The van der Waals surface area contributed by atoms with Crippen molar-refractivity contribution in [2.45, 2.75) is 88.4 Å². The number of esters is 1. The Hall–Kier alpha value is -1.54. The number of likely N-dealkylation sites (tertiary alicyclic amines) is 1. The fourth-order valence-corrected chi connectivity index (χ4v) is 8.21. The fourth-order valence-electron chi connectivity index (χ4n) is 6.02. The molecule has 3 heterocycles. The predicted molar refractivity (Wildman–Crippen MR) is 130 cm³/mol. The summed E-state index contributed by atoms with van der Waals surface area (Å²) in [4.78, 5) is 44.7. The molecule has 2 unspecified atom stereocenters. The van der Waals surface area contributed by atoms with Crippen LogP contribution >= 0.6 is 11.8 Å². The monoisotopic (exact) mass is 480 g/mol. The average Bonchev–Trinajstić information content (AvgIpc) is 3.39. The third kappa shape index (κ3) is 4.11. The predicted octanol–water partition coefficient (Wildman–Crippen LogP) is 2.86. The van der Waals surface area contributed by atoms with Gasteiger partial charge in [-0.3, -0.25) is 14.4 Å². The summed E-state index contributed by atoms with van der Waals surface area (Å²) in [5.41, 5.74) is -0.471. The summed E-state index contributed by atoms with van der Waals surface area (Å²) < 4.78 is 4.70. The Morgan fingerprint density at radius 2 is 2.06 bits per heavy atom. The van der Waals surface area contributed by atoms with Gasteiger partial charge < -0.3 is 19.6 Å². The lowest BCUT2D eigenvalue weighted by Gasteiger charge is -2.44. The molecule has 7 nitrogen and oxygen atoms in total.